The van der Waals surface area contributed by atoms with Gasteiger partial charge in [-0.25, -0.2) is 9.78 Å². The minimum Gasteiger partial charge on any atom is -0.497 e. The lowest BCUT2D eigenvalue weighted by molar-refractivity contribution is -0.114. The molecule has 0 fully saturated rings. The lowest BCUT2D eigenvalue weighted by Crippen LogP contribution is -2.16. The maximum absolute atomic E-state index is 12.8. The number of pyridine rings is 1. The van der Waals surface area contributed by atoms with Crippen LogP contribution < -0.4 is 15.4 Å². The van der Waals surface area contributed by atoms with Gasteiger partial charge < -0.3 is 24.7 Å². The number of carbonyl (C=O) groups excluding carboxylic acids is 2. The zero-order valence-corrected chi connectivity index (χ0v) is 20.1. The third-order valence-corrected chi connectivity index (χ3v) is 6.28. The van der Waals surface area contributed by atoms with Crippen molar-refractivity contribution in [3.8, 4) is 5.75 Å². The summed E-state index contributed by atoms with van der Waals surface area (Å²) in [6.45, 7) is 2.54. The summed E-state index contributed by atoms with van der Waals surface area (Å²) in [5.41, 5.74) is 3.13. The maximum atomic E-state index is 12.8. The number of methoxy groups -OCH3 is 2. The molecular weight excluding hydrogens is 452 g/mol. The third kappa shape index (κ3) is 5.04. The Bertz CT molecular complexity index is 1300. The molecule has 4 rings (SSSR count). The Kier molecular flexibility index (Phi) is 7.12. The molecule has 176 valence electrons. The number of benzene rings is 1. The molecule has 3 heterocycles. The number of hydrogen-bond acceptors (Lipinski definition) is 7. The van der Waals surface area contributed by atoms with E-state index >= 15 is 0 Å². The van der Waals surface area contributed by atoms with E-state index in [1.165, 1.54) is 18.9 Å². The van der Waals surface area contributed by atoms with Crippen molar-refractivity contribution in [2.45, 2.75) is 26.4 Å². The number of nitrogens with zero attached hydrogens (tertiary/aromatic N) is 2. The van der Waals surface area contributed by atoms with Crippen molar-refractivity contribution >= 4 is 45.6 Å². The SMILES string of the molecule is COC(=O)c1c(NC(C)=O)c2cc(NCc3cccs3)cnc2n1CCc1ccc(OC)cc1. The highest BCUT2D eigenvalue weighted by atomic mass is 32.1. The number of fused-ring (bicyclic) bond motifs is 1. The van der Waals surface area contributed by atoms with Gasteiger partial charge in [0, 0.05) is 30.3 Å². The van der Waals surface area contributed by atoms with Crippen molar-refractivity contribution in [3.63, 3.8) is 0 Å². The summed E-state index contributed by atoms with van der Waals surface area (Å²) in [6.07, 6.45) is 2.38. The lowest BCUT2D eigenvalue weighted by Gasteiger charge is -2.11. The average Bonchev–Trinajstić information content (AvgIpc) is 3.47. The van der Waals surface area contributed by atoms with E-state index in [-0.39, 0.29) is 11.6 Å². The van der Waals surface area contributed by atoms with E-state index in [4.69, 9.17) is 9.47 Å². The van der Waals surface area contributed by atoms with E-state index < -0.39 is 5.97 Å². The minimum absolute atomic E-state index is 0.268. The maximum Gasteiger partial charge on any atom is 0.356 e. The van der Waals surface area contributed by atoms with Crippen LogP contribution in [0.3, 0.4) is 0 Å². The minimum atomic E-state index is -0.537. The second kappa shape index (κ2) is 10.4. The van der Waals surface area contributed by atoms with Gasteiger partial charge in [0.25, 0.3) is 0 Å². The van der Waals surface area contributed by atoms with Gasteiger partial charge in [0.05, 0.1) is 31.8 Å². The Morgan fingerprint density at radius 3 is 2.59 bits per heavy atom. The summed E-state index contributed by atoms with van der Waals surface area (Å²) in [5.74, 6) is -0.0384. The summed E-state index contributed by atoms with van der Waals surface area (Å²) >= 11 is 1.66. The van der Waals surface area contributed by atoms with Gasteiger partial charge in [-0.3, -0.25) is 4.79 Å². The second-order valence-corrected chi connectivity index (χ2v) is 8.71. The average molecular weight is 479 g/mol. The molecule has 4 aromatic rings. The molecule has 0 saturated carbocycles. The first-order valence-corrected chi connectivity index (χ1v) is 11.7. The molecule has 0 aliphatic carbocycles. The molecule has 0 unspecified atom stereocenters. The van der Waals surface area contributed by atoms with Crippen molar-refractivity contribution in [2.75, 3.05) is 24.9 Å². The molecule has 0 bridgehead atoms. The van der Waals surface area contributed by atoms with Crippen molar-refractivity contribution in [1.82, 2.24) is 9.55 Å². The summed E-state index contributed by atoms with van der Waals surface area (Å²) in [6, 6.07) is 13.7. The van der Waals surface area contributed by atoms with E-state index in [9.17, 15) is 9.59 Å². The van der Waals surface area contributed by atoms with Crippen molar-refractivity contribution in [2.24, 2.45) is 0 Å². The van der Waals surface area contributed by atoms with Gasteiger partial charge >= 0.3 is 5.97 Å². The molecule has 2 N–H and O–H groups in total. The molecule has 34 heavy (non-hydrogen) atoms. The van der Waals surface area contributed by atoms with Gasteiger partial charge in [-0.05, 0) is 41.6 Å². The molecule has 0 radical (unpaired) electrons. The van der Waals surface area contributed by atoms with Gasteiger partial charge in [-0.2, -0.15) is 0 Å². The van der Waals surface area contributed by atoms with Crippen LogP contribution in [-0.4, -0.2) is 35.6 Å². The normalized spacial score (nSPS) is 10.8. The largest absolute Gasteiger partial charge is 0.497 e. The van der Waals surface area contributed by atoms with Gasteiger partial charge in [0.1, 0.15) is 11.4 Å². The van der Waals surface area contributed by atoms with Gasteiger partial charge in [0.2, 0.25) is 5.91 Å². The highest BCUT2D eigenvalue weighted by Gasteiger charge is 2.25. The van der Waals surface area contributed by atoms with E-state index in [1.54, 1.807) is 29.2 Å². The van der Waals surface area contributed by atoms with E-state index in [2.05, 4.69) is 21.7 Å². The number of aryl methyl sites for hydroxylation is 2. The molecule has 0 spiro atoms. The van der Waals surface area contributed by atoms with Crippen LogP contribution >= 0.6 is 11.3 Å². The van der Waals surface area contributed by atoms with E-state index in [0.29, 0.717) is 36.2 Å². The van der Waals surface area contributed by atoms with Crippen LogP contribution in [0.25, 0.3) is 11.0 Å². The highest BCUT2D eigenvalue weighted by Crippen LogP contribution is 2.33. The molecule has 3 aromatic heterocycles. The molecule has 0 aliphatic heterocycles. The standard InChI is InChI=1S/C25H26N4O4S/c1-16(30)28-22-21-13-18(26-15-20-5-4-12-34-20)14-27-24(21)29(23(22)25(31)33-3)11-10-17-6-8-19(32-2)9-7-17/h4-9,12-14,26H,10-11,15H2,1-3H3,(H,28,30). The molecular formula is C25H26N4O4S. The van der Waals surface area contributed by atoms with Crippen molar-refractivity contribution < 1.29 is 19.1 Å². The summed E-state index contributed by atoms with van der Waals surface area (Å²) in [4.78, 5) is 30.7. The fourth-order valence-corrected chi connectivity index (χ4v) is 4.43. The number of carbonyl (C=O) groups is 2. The Balaban J connectivity index is 1.73. The van der Waals surface area contributed by atoms with Crippen LogP contribution in [-0.2, 0) is 29.0 Å². The number of amides is 1. The zero-order chi connectivity index (χ0) is 24.1. The van der Waals surface area contributed by atoms with Crippen molar-refractivity contribution in [3.05, 3.63) is 70.2 Å². The molecule has 8 nitrogen and oxygen atoms in total. The summed E-state index contributed by atoms with van der Waals surface area (Å²) in [7, 11) is 2.95. The van der Waals surface area contributed by atoms with Gasteiger partial charge in [-0.1, -0.05) is 18.2 Å². The van der Waals surface area contributed by atoms with Crippen LogP contribution in [0.1, 0.15) is 27.9 Å². The third-order valence-electron chi connectivity index (χ3n) is 5.41. The van der Waals surface area contributed by atoms with Crippen LogP contribution in [0.2, 0.25) is 0 Å². The quantitative estimate of drug-likeness (QED) is 0.339. The topological polar surface area (TPSA) is 94.5 Å². The van der Waals surface area contributed by atoms with Crippen LogP contribution in [0.15, 0.2) is 54.0 Å². The first kappa shape index (κ1) is 23.3. The number of aromatic nitrogens is 2. The van der Waals surface area contributed by atoms with Gasteiger partial charge in [0.15, 0.2) is 5.69 Å². The Hall–Kier alpha value is -3.85. The summed E-state index contributed by atoms with van der Waals surface area (Å²) in [5, 5.41) is 8.87. The van der Waals surface area contributed by atoms with Crippen LogP contribution in [0, 0.1) is 0 Å². The second-order valence-electron chi connectivity index (χ2n) is 7.67. The first-order valence-electron chi connectivity index (χ1n) is 10.8. The lowest BCUT2D eigenvalue weighted by atomic mass is 10.1. The number of rotatable bonds is 9. The van der Waals surface area contributed by atoms with Crippen molar-refractivity contribution in [1.29, 1.82) is 0 Å². The van der Waals surface area contributed by atoms with E-state index in [1.807, 2.05) is 41.8 Å². The Morgan fingerprint density at radius 1 is 1.15 bits per heavy atom. The van der Waals surface area contributed by atoms with Crippen LogP contribution in [0.4, 0.5) is 11.4 Å². The number of ether oxygens (including phenoxy) is 2. The van der Waals surface area contributed by atoms with Crippen LogP contribution in [0.5, 0.6) is 5.75 Å². The Morgan fingerprint density at radius 2 is 1.94 bits per heavy atom. The number of thiophene rings is 1. The molecule has 9 heteroatoms. The Labute approximate surface area is 201 Å². The number of hydrogen-bond donors (Lipinski definition) is 2. The molecule has 0 atom stereocenters. The van der Waals surface area contributed by atoms with E-state index in [0.717, 1.165) is 17.0 Å². The first-order chi connectivity index (χ1) is 16.5. The number of esters is 1. The fourth-order valence-electron chi connectivity index (χ4n) is 3.79. The molecule has 1 aromatic carbocycles. The smallest absolute Gasteiger partial charge is 0.356 e. The number of nitrogens with one attached hydrogen (secondary N) is 2. The monoisotopic (exact) mass is 478 g/mol. The highest BCUT2D eigenvalue weighted by molar-refractivity contribution is 7.09. The molecule has 1 amide bonds. The zero-order valence-electron chi connectivity index (χ0n) is 19.3. The number of anilines is 2. The van der Waals surface area contributed by atoms with Gasteiger partial charge in [-0.15, -0.1) is 11.3 Å². The fraction of sp³-hybridized carbons (Fsp3) is 0.240. The summed E-state index contributed by atoms with van der Waals surface area (Å²) < 4.78 is 12.1. The predicted octanol–water partition coefficient (Wildman–Crippen LogP) is 4.71. The molecule has 0 aliphatic rings. The predicted molar refractivity (Wildman–Crippen MR) is 134 cm³/mol. The molecule has 0 saturated heterocycles.